The minimum Gasteiger partial charge on any atom is -0.491 e. The second-order valence-corrected chi connectivity index (χ2v) is 5.94. The van der Waals surface area contributed by atoms with Gasteiger partial charge in [-0.05, 0) is 71.8 Å². The highest BCUT2D eigenvalue weighted by molar-refractivity contribution is 14.1. The number of hydrogen-bond donors (Lipinski definition) is 1. The van der Waals surface area contributed by atoms with Gasteiger partial charge in [0.2, 0.25) is 0 Å². The second-order valence-electron chi connectivity index (χ2n) is 4.70. The topological polar surface area (TPSA) is 29.5 Å². The van der Waals surface area contributed by atoms with Gasteiger partial charge < -0.3 is 9.84 Å². The van der Waals surface area contributed by atoms with Crippen LogP contribution in [0.5, 0.6) is 5.75 Å². The molecule has 0 saturated heterocycles. The van der Waals surface area contributed by atoms with Crippen molar-refractivity contribution in [2.24, 2.45) is 0 Å². The van der Waals surface area contributed by atoms with E-state index in [4.69, 9.17) is 4.74 Å². The molecule has 0 fully saturated rings. The molecule has 19 heavy (non-hydrogen) atoms. The van der Waals surface area contributed by atoms with Crippen molar-refractivity contribution < 1.29 is 9.84 Å². The molecule has 2 rings (SSSR count). The Labute approximate surface area is 127 Å². The molecule has 0 radical (unpaired) electrons. The third kappa shape index (κ3) is 3.94. The van der Waals surface area contributed by atoms with Gasteiger partial charge in [0, 0.05) is 3.57 Å². The number of hydrogen-bond acceptors (Lipinski definition) is 2. The fraction of sp³-hybridized carbons (Fsp3) is 0.250. The molecule has 0 heterocycles. The average molecular weight is 368 g/mol. The van der Waals surface area contributed by atoms with Crippen molar-refractivity contribution in [3.05, 3.63) is 63.2 Å². The van der Waals surface area contributed by atoms with Crippen LogP contribution in [0, 0.1) is 3.57 Å². The van der Waals surface area contributed by atoms with E-state index in [2.05, 4.69) is 22.6 Å². The first-order chi connectivity index (χ1) is 9.06. The Morgan fingerprint density at radius 1 is 1.00 bits per heavy atom. The van der Waals surface area contributed by atoms with Gasteiger partial charge in [-0.3, -0.25) is 0 Å². The predicted octanol–water partition coefficient (Wildman–Crippen LogP) is 4.16. The molecular weight excluding hydrogens is 351 g/mol. The second kappa shape index (κ2) is 6.39. The first-order valence-electron chi connectivity index (χ1n) is 6.26. The number of aliphatic hydroxyl groups excluding tert-OH is 1. The standard InChI is InChI=1S/C16H17IO2/c1-11(2)19-15-8-4-6-13(10-15)16(18)12-5-3-7-14(17)9-12/h3-11,16,18H,1-2H3. The molecule has 0 aliphatic rings. The first kappa shape index (κ1) is 14.3. The van der Waals surface area contributed by atoms with E-state index in [1.54, 1.807) is 0 Å². The van der Waals surface area contributed by atoms with Gasteiger partial charge >= 0.3 is 0 Å². The molecule has 1 unspecified atom stereocenters. The number of benzene rings is 2. The Balaban J connectivity index is 2.26. The lowest BCUT2D eigenvalue weighted by atomic mass is 10.0. The highest BCUT2D eigenvalue weighted by atomic mass is 127. The Bertz CT molecular complexity index is 552. The van der Waals surface area contributed by atoms with Crippen LogP contribution in [0.1, 0.15) is 31.1 Å². The predicted molar refractivity (Wildman–Crippen MR) is 85.4 cm³/mol. The molecule has 0 aliphatic heterocycles. The van der Waals surface area contributed by atoms with Gasteiger partial charge in [0.15, 0.2) is 0 Å². The summed E-state index contributed by atoms with van der Waals surface area (Å²) in [6.07, 6.45) is -0.490. The summed E-state index contributed by atoms with van der Waals surface area (Å²) >= 11 is 2.25. The summed E-state index contributed by atoms with van der Waals surface area (Å²) in [6.45, 7) is 3.98. The minimum atomic E-state index is -0.620. The Morgan fingerprint density at radius 2 is 1.63 bits per heavy atom. The molecule has 2 nitrogen and oxygen atoms in total. The van der Waals surface area contributed by atoms with Crippen molar-refractivity contribution in [1.82, 2.24) is 0 Å². The summed E-state index contributed by atoms with van der Waals surface area (Å²) in [7, 11) is 0. The van der Waals surface area contributed by atoms with Gasteiger partial charge in [-0.15, -0.1) is 0 Å². The Morgan fingerprint density at radius 3 is 2.26 bits per heavy atom. The van der Waals surface area contributed by atoms with Gasteiger partial charge in [0.25, 0.3) is 0 Å². The lowest BCUT2D eigenvalue weighted by molar-refractivity contribution is 0.216. The van der Waals surface area contributed by atoms with Crippen LogP contribution in [0.15, 0.2) is 48.5 Å². The average Bonchev–Trinajstić information content (AvgIpc) is 2.37. The largest absolute Gasteiger partial charge is 0.491 e. The Kier molecular flexibility index (Phi) is 4.82. The molecule has 2 aromatic rings. The van der Waals surface area contributed by atoms with Crippen LogP contribution in [0.3, 0.4) is 0 Å². The highest BCUT2D eigenvalue weighted by Crippen LogP contribution is 2.26. The van der Waals surface area contributed by atoms with Crippen LogP contribution < -0.4 is 4.74 Å². The lowest BCUT2D eigenvalue weighted by Crippen LogP contribution is -2.06. The van der Waals surface area contributed by atoms with Crippen LogP contribution in [0.2, 0.25) is 0 Å². The fourth-order valence-corrected chi connectivity index (χ4v) is 2.47. The van der Waals surface area contributed by atoms with Crippen molar-refractivity contribution in [2.75, 3.05) is 0 Å². The van der Waals surface area contributed by atoms with Crippen molar-refractivity contribution in [2.45, 2.75) is 26.1 Å². The zero-order chi connectivity index (χ0) is 13.8. The zero-order valence-electron chi connectivity index (χ0n) is 11.0. The zero-order valence-corrected chi connectivity index (χ0v) is 13.2. The van der Waals surface area contributed by atoms with E-state index in [1.165, 1.54) is 0 Å². The summed E-state index contributed by atoms with van der Waals surface area (Å²) in [6, 6.07) is 15.5. The van der Waals surface area contributed by atoms with Crippen LogP contribution in [0.4, 0.5) is 0 Å². The van der Waals surface area contributed by atoms with Crippen LogP contribution in [0.25, 0.3) is 0 Å². The van der Waals surface area contributed by atoms with Crippen LogP contribution in [-0.2, 0) is 0 Å². The van der Waals surface area contributed by atoms with Gasteiger partial charge in [-0.25, -0.2) is 0 Å². The van der Waals surface area contributed by atoms with Crippen molar-refractivity contribution in [3.8, 4) is 5.75 Å². The molecule has 0 aliphatic carbocycles. The van der Waals surface area contributed by atoms with E-state index < -0.39 is 6.10 Å². The van der Waals surface area contributed by atoms with E-state index in [0.717, 1.165) is 20.4 Å². The molecule has 100 valence electrons. The molecule has 1 atom stereocenters. The third-order valence-electron chi connectivity index (χ3n) is 2.71. The van der Waals surface area contributed by atoms with Crippen molar-refractivity contribution in [3.63, 3.8) is 0 Å². The number of halogens is 1. The molecule has 0 aromatic heterocycles. The van der Waals surface area contributed by atoms with Crippen molar-refractivity contribution >= 4 is 22.6 Å². The van der Waals surface area contributed by atoms with E-state index in [-0.39, 0.29) is 6.10 Å². The summed E-state index contributed by atoms with van der Waals surface area (Å²) in [5, 5.41) is 10.4. The molecule has 1 N–H and O–H groups in total. The molecular formula is C16H17IO2. The minimum absolute atomic E-state index is 0.130. The summed E-state index contributed by atoms with van der Waals surface area (Å²) in [5.74, 6) is 0.789. The quantitative estimate of drug-likeness (QED) is 0.822. The summed E-state index contributed by atoms with van der Waals surface area (Å²) in [4.78, 5) is 0. The van der Waals surface area contributed by atoms with Crippen LogP contribution in [-0.4, -0.2) is 11.2 Å². The molecule has 3 heteroatoms. The maximum atomic E-state index is 10.4. The monoisotopic (exact) mass is 368 g/mol. The highest BCUT2D eigenvalue weighted by Gasteiger charge is 2.11. The molecule has 0 amide bonds. The SMILES string of the molecule is CC(C)Oc1cccc(C(O)c2cccc(I)c2)c1. The number of aliphatic hydroxyl groups is 1. The van der Waals surface area contributed by atoms with Gasteiger partial charge in [-0.1, -0.05) is 24.3 Å². The normalized spacial score (nSPS) is 12.5. The summed E-state index contributed by atoms with van der Waals surface area (Å²) < 4.78 is 6.77. The Hall–Kier alpha value is -1.07. The lowest BCUT2D eigenvalue weighted by Gasteiger charge is -2.15. The first-order valence-corrected chi connectivity index (χ1v) is 7.34. The number of rotatable bonds is 4. The number of ether oxygens (including phenoxy) is 1. The van der Waals surface area contributed by atoms with Gasteiger partial charge in [-0.2, -0.15) is 0 Å². The smallest absolute Gasteiger partial charge is 0.120 e. The van der Waals surface area contributed by atoms with Gasteiger partial charge in [0.05, 0.1) is 6.10 Å². The maximum absolute atomic E-state index is 10.4. The molecule has 0 spiro atoms. The van der Waals surface area contributed by atoms with Crippen LogP contribution >= 0.6 is 22.6 Å². The van der Waals surface area contributed by atoms with E-state index in [0.29, 0.717) is 0 Å². The molecule has 0 saturated carbocycles. The molecule has 0 bridgehead atoms. The van der Waals surface area contributed by atoms with Crippen molar-refractivity contribution in [1.29, 1.82) is 0 Å². The van der Waals surface area contributed by atoms with E-state index in [9.17, 15) is 5.11 Å². The van der Waals surface area contributed by atoms with E-state index >= 15 is 0 Å². The molecule has 2 aromatic carbocycles. The van der Waals surface area contributed by atoms with Gasteiger partial charge in [0.1, 0.15) is 11.9 Å². The summed E-state index contributed by atoms with van der Waals surface area (Å²) in [5.41, 5.74) is 1.74. The maximum Gasteiger partial charge on any atom is 0.120 e. The third-order valence-corrected chi connectivity index (χ3v) is 3.38. The van der Waals surface area contributed by atoms with E-state index in [1.807, 2.05) is 62.4 Å². The fourth-order valence-electron chi connectivity index (χ4n) is 1.90.